The van der Waals surface area contributed by atoms with E-state index in [2.05, 4.69) is 10.0 Å². The lowest BCUT2D eigenvalue weighted by Crippen LogP contribution is -2.24. The summed E-state index contributed by atoms with van der Waals surface area (Å²) in [5.41, 5.74) is 1.40. The highest BCUT2D eigenvalue weighted by molar-refractivity contribution is 7.89. The molecule has 0 atom stereocenters. The molecule has 0 aliphatic carbocycles. The molecule has 0 aliphatic rings. The van der Waals surface area contributed by atoms with E-state index >= 15 is 0 Å². The van der Waals surface area contributed by atoms with Crippen LogP contribution in [-0.2, 0) is 16.6 Å². The fraction of sp³-hybridized carbons (Fsp3) is 0.125. The van der Waals surface area contributed by atoms with Crippen LogP contribution < -0.4 is 10.0 Å². The first-order valence-electron chi connectivity index (χ1n) is 6.87. The predicted molar refractivity (Wildman–Crippen MR) is 90.0 cm³/mol. The number of benzene rings is 2. The molecule has 2 N–H and O–H groups in total. The van der Waals surface area contributed by atoms with Crippen molar-refractivity contribution in [2.75, 3.05) is 7.05 Å². The van der Waals surface area contributed by atoms with Crippen LogP contribution in [0.4, 0.5) is 0 Å². The van der Waals surface area contributed by atoms with Gasteiger partial charge in [0.25, 0.3) is 5.91 Å². The number of halogens is 1. The predicted octanol–water partition coefficient (Wildman–Crippen LogP) is 2.05. The van der Waals surface area contributed by atoms with Gasteiger partial charge in [0.1, 0.15) is 0 Å². The van der Waals surface area contributed by atoms with Crippen LogP contribution in [0.3, 0.4) is 0 Å². The number of carbonyl (C=O) groups excluding carboxylic acids is 1. The van der Waals surface area contributed by atoms with Gasteiger partial charge in [-0.15, -0.1) is 0 Å². The third-order valence-electron chi connectivity index (χ3n) is 3.30. The van der Waals surface area contributed by atoms with E-state index in [9.17, 15) is 13.2 Å². The standard InChI is InChI=1S/C16H14ClN3O3S/c1-19-24(22,23)13-6-7-15(17)14(8-13)16(21)20-10-12-4-2-11(9-18)3-5-12/h2-8,19H,10H2,1H3,(H,20,21). The van der Waals surface area contributed by atoms with Crippen LogP contribution in [0.5, 0.6) is 0 Å². The molecule has 2 aromatic rings. The molecular weight excluding hydrogens is 350 g/mol. The summed E-state index contributed by atoms with van der Waals surface area (Å²) in [6.45, 7) is 0.226. The molecule has 0 aliphatic heterocycles. The normalized spacial score (nSPS) is 10.9. The Bertz CT molecular complexity index is 903. The maximum absolute atomic E-state index is 12.3. The van der Waals surface area contributed by atoms with Gasteiger partial charge >= 0.3 is 0 Å². The molecule has 8 heteroatoms. The second-order valence-corrected chi connectivity index (χ2v) is 7.13. The lowest BCUT2D eigenvalue weighted by Gasteiger charge is -2.09. The Morgan fingerprint density at radius 3 is 2.46 bits per heavy atom. The van der Waals surface area contributed by atoms with Crippen molar-refractivity contribution in [3.8, 4) is 6.07 Å². The molecule has 0 unspecified atom stereocenters. The minimum absolute atomic E-state index is 0.0436. The smallest absolute Gasteiger partial charge is 0.253 e. The van der Waals surface area contributed by atoms with Gasteiger partial charge in [-0.2, -0.15) is 5.26 Å². The SMILES string of the molecule is CNS(=O)(=O)c1ccc(Cl)c(C(=O)NCc2ccc(C#N)cc2)c1. The first kappa shape index (κ1) is 17.9. The second-order valence-electron chi connectivity index (χ2n) is 4.84. The number of sulfonamides is 1. The van der Waals surface area contributed by atoms with Gasteiger partial charge in [-0.3, -0.25) is 4.79 Å². The number of hydrogen-bond donors (Lipinski definition) is 2. The van der Waals surface area contributed by atoms with Crippen molar-refractivity contribution in [2.24, 2.45) is 0 Å². The summed E-state index contributed by atoms with van der Waals surface area (Å²) in [4.78, 5) is 12.2. The molecule has 6 nitrogen and oxygen atoms in total. The number of nitrogens with zero attached hydrogens (tertiary/aromatic N) is 1. The fourth-order valence-electron chi connectivity index (χ4n) is 1.94. The quantitative estimate of drug-likeness (QED) is 0.849. The zero-order valence-corrected chi connectivity index (χ0v) is 14.3. The Morgan fingerprint density at radius 1 is 1.21 bits per heavy atom. The number of carbonyl (C=O) groups is 1. The summed E-state index contributed by atoms with van der Waals surface area (Å²) in [6, 6.07) is 12.7. The molecule has 0 spiro atoms. The van der Waals surface area contributed by atoms with Crippen molar-refractivity contribution in [2.45, 2.75) is 11.4 Å². The topological polar surface area (TPSA) is 99.1 Å². The van der Waals surface area contributed by atoms with Crippen LogP contribution in [-0.4, -0.2) is 21.4 Å². The Balaban J connectivity index is 2.17. The first-order valence-corrected chi connectivity index (χ1v) is 8.74. The van der Waals surface area contributed by atoms with E-state index in [1.807, 2.05) is 6.07 Å². The van der Waals surface area contributed by atoms with Gasteiger partial charge < -0.3 is 5.32 Å². The monoisotopic (exact) mass is 363 g/mol. The highest BCUT2D eigenvalue weighted by Crippen LogP contribution is 2.20. The van der Waals surface area contributed by atoms with Gasteiger partial charge in [0.05, 0.1) is 27.1 Å². The van der Waals surface area contributed by atoms with E-state index < -0.39 is 15.9 Å². The van der Waals surface area contributed by atoms with Crippen molar-refractivity contribution < 1.29 is 13.2 Å². The fourth-order valence-corrected chi connectivity index (χ4v) is 2.90. The lowest BCUT2D eigenvalue weighted by molar-refractivity contribution is 0.0951. The minimum Gasteiger partial charge on any atom is -0.348 e. The zero-order valence-electron chi connectivity index (χ0n) is 12.7. The van der Waals surface area contributed by atoms with Gasteiger partial charge in [0.2, 0.25) is 10.0 Å². The Hall–Kier alpha value is -2.40. The third kappa shape index (κ3) is 4.11. The molecule has 0 fully saturated rings. The summed E-state index contributed by atoms with van der Waals surface area (Å²) < 4.78 is 25.8. The second kappa shape index (κ2) is 7.45. The van der Waals surface area contributed by atoms with Crippen molar-refractivity contribution in [1.82, 2.24) is 10.0 Å². The number of nitriles is 1. The molecule has 0 radical (unpaired) electrons. The van der Waals surface area contributed by atoms with Gasteiger partial charge in [0, 0.05) is 6.54 Å². The largest absolute Gasteiger partial charge is 0.348 e. The van der Waals surface area contributed by atoms with E-state index in [-0.39, 0.29) is 22.0 Å². The molecule has 2 aromatic carbocycles. The molecule has 0 saturated heterocycles. The highest BCUT2D eigenvalue weighted by atomic mass is 35.5. The maximum atomic E-state index is 12.3. The molecule has 0 bridgehead atoms. The summed E-state index contributed by atoms with van der Waals surface area (Å²) in [5.74, 6) is -0.488. The van der Waals surface area contributed by atoms with Crippen LogP contribution in [0.25, 0.3) is 0 Å². The Kier molecular flexibility index (Phi) is 5.57. The molecular formula is C16H14ClN3O3S. The number of nitrogens with one attached hydrogen (secondary N) is 2. The van der Waals surface area contributed by atoms with Crippen LogP contribution in [0.2, 0.25) is 5.02 Å². The molecule has 124 valence electrons. The van der Waals surface area contributed by atoms with Crippen LogP contribution in [0, 0.1) is 11.3 Å². The van der Waals surface area contributed by atoms with E-state index in [0.717, 1.165) is 5.56 Å². The van der Waals surface area contributed by atoms with E-state index in [4.69, 9.17) is 16.9 Å². The summed E-state index contributed by atoms with van der Waals surface area (Å²) in [7, 11) is -2.38. The van der Waals surface area contributed by atoms with Gasteiger partial charge in [-0.1, -0.05) is 23.7 Å². The van der Waals surface area contributed by atoms with E-state index in [0.29, 0.717) is 5.56 Å². The number of hydrogen-bond acceptors (Lipinski definition) is 4. The number of amides is 1. The molecule has 1 amide bonds. The molecule has 24 heavy (non-hydrogen) atoms. The van der Waals surface area contributed by atoms with Crippen molar-refractivity contribution in [1.29, 1.82) is 5.26 Å². The number of rotatable bonds is 5. The Labute approximate surface area is 145 Å². The average Bonchev–Trinajstić information content (AvgIpc) is 2.60. The van der Waals surface area contributed by atoms with Crippen molar-refractivity contribution in [3.05, 3.63) is 64.2 Å². The summed E-state index contributed by atoms with van der Waals surface area (Å²) >= 11 is 5.99. The zero-order chi connectivity index (χ0) is 17.7. The van der Waals surface area contributed by atoms with Crippen molar-refractivity contribution in [3.63, 3.8) is 0 Å². The highest BCUT2D eigenvalue weighted by Gasteiger charge is 2.17. The van der Waals surface area contributed by atoms with Gasteiger partial charge in [-0.05, 0) is 42.9 Å². The lowest BCUT2D eigenvalue weighted by atomic mass is 10.1. The maximum Gasteiger partial charge on any atom is 0.253 e. The summed E-state index contributed by atoms with van der Waals surface area (Å²) in [5, 5.41) is 11.6. The third-order valence-corrected chi connectivity index (χ3v) is 5.04. The average molecular weight is 364 g/mol. The van der Waals surface area contributed by atoms with Crippen LogP contribution in [0.1, 0.15) is 21.5 Å². The molecule has 0 aromatic heterocycles. The van der Waals surface area contributed by atoms with E-state index in [1.54, 1.807) is 24.3 Å². The van der Waals surface area contributed by atoms with Crippen LogP contribution in [0.15, 0.2) is 47.4 Å². The Morgan fingerprint density at radius 2 is 1.88 bits per heavy atom. The molecule has 0 saturated carbocycles. The minimum atomic E-state index is -3.67. The van der Waals surface area contributed by atoms with Gasteiger partial charge in [-0.25, -0.2) is 13.1 Å². The molecule has 2 rings (SSSR count). The van der Waals surface area contributed by atoms with E-state index in [1.165, 1.54) is 25.2 Å². The van der Waals surface area contributed by atoms with Crippen molar-refractivity contribution >= 4 is 27.5 Å². The van der Waals surface area contributed by atoms with Crippen LogP contribution >= 0.6 is 11.6 Å². The molecule has 0 heterocycles. The van der Waals surface area contributed by atoms with Gasteiger partial charge in [0.15, 0.2) is 0 Å². The first-order chi connectivity index (χ1) is 11.4. The summed E-state index contributed by atoms with van der Waals surface area (Å²) in [6.07, 6.45) is 0.